The Hall–Kier alpha value is -9.96. The minimum atomic E-state index is 1.06. The van der Waals surface area contributed by atoms with Gasteiger partial charge in [-0.25, -0.2) is 0 Å². The van der Waals surface area contributed by atoms with Crippen LogP contribution in [0.4, 0.5) is 34.1 Å². The van der Waals surface area contributed by atoms with E-state index in [0.717, 1.165) is 62.0 Å². The van der Waals surface area contributed by atoms with Crippen molar-refractivity contribution in [2.45, 2.75) is 0 Å². The normalized spacial score (nSPS) is 11.2. The van der Waals surface area contributed by atoms with Gasteiger partial charge in [-0.05, 0) is 146 Å². The molecule has 0 amide bonds. The molecule has 13 rings (SSSR count). The highest BCUT2D eigenvalue weighted by Crippen LogP contribution is 2.41. The summed E-state index contributed by atoms with van der Waals surface area (Å²) >= 11 is 0. The number of hydrogen-bond donors (Lipinski definition) is 0. The molecule has 0 saturated carbocycles. The lowest BCUT2D eigenvalue weighted by atomic mass is 10.0. The molecule has 0 unspecified atom stereocenters. The van der Waals surface area contributed by atoms with Crippen molar-refractivity contribution < 1.29 is 0 Å². The molecule has 1 aromatic heterocycles. The fourth-order valence-corrected chi connectivity index (χ4v) is 10.8. The van der Waals surface area contributed by atoms with Gasteiger partial charge in [0, 0.05) is 50.6 Å². The average molecular weight is 958 g/mol. The third-order valence-electron chi connectivity index (χ3n) is 14.4. The van der Waals surface area contributed by atoms with E-state index in [-0.39, 0.29) is 0 Å². The molecule has 0 bridgehead atoms. The fourth-order valence-electron chi connectivity index (χ4n) is 10.8. The number of hydrogen-bond acceptors (Lipinski definition) is 2. The van der Waals surface area contributed by atoms with Gasteiger partial charge in [-0.15, -0.1) is 0 Å². The van der Waals surface area contributed by atoms with Crippen LogP contribution >= 0.6 is 0 Å². The molecule has 75 heavy (non-hydrogen) atoms. The molecule has 0 spiro atoms. The van der Waals surface area contributed by atoms with Gasteiger partial charge in [0.05, 0.1) is 11.0 Å². The van der Waals surface area contributed by atoms with E-state index >= 15 is 0 Å². The van der Waals surface area contributed by atoms with Crippen molar-refractivity contribution >= 4 is 77.5 Å². The largest absolute Gasteiger partial charge is 0.311 e. The van der Waals surface area contributed by atoms with Crippen molar-refractivity contribution in [1.29, 1.82) is 0 Å². The summed E-state index contributed by atoms with van der Waals surface area (Å²) in [5.74, 6) is 0. The Bertz CT molecular complexity index is 4000. The van der Waals surface area contributed by atoms with Crippen molar-refractivity contribution in [3.8, 4) is 39.1 Å². The highest BCUT2D eigenvalue weighted by molar-refractivity contribution is 6.19. The maximum absolute atomic E-state index is 2.45. The van der Waals surface area contributed by atoms with E-state index in [1.807, 2.05) is 0 Å². The van der Waals surface area contributed by atoms with E-state index in [1.165, 1.54) is 54.6 Å². The molecule has 3 heteroatoms. The van der Waals surface area contributed by atoms with Gasteiger partial charge >= 0.3 is 0 Å². The first-order chi connectivity index (χ1) is 37.2. The molecule has 3 nitrogen and oxygen atoms in total. The molecule has 0 radical (unpaired) electrons. The molecule has 0 atom stereocenters. The maximum Gasteiger partial charge on any atom is 0.0540 e. The second kappa shape index (κ2) is 19.9. The lowest BCUT2D eigenvalue weighted by molar-refractivity contribution is 1.16. The highest BCUT2D eigenvalue weighted by Gasteiger charge is 2.18. The van der Waals surface area contributed by atoms with E-state index < -0.39 is 0 Å². The van der Waals surface area contributed by atoms with Crippen molar-refractivity contribution in [2.24, 2.45) is 0 Å². The van der Waals surface area contributed by atoms with Crippen LogP contribution in [-0.4, -0.2) is 4.57 Å². The monoisotopic (exact) mass is 957 g/mol. The predicted octanol–water partition coefficient (Wildman–Crippen LogP) is 20.2. The van der Waals surface area contributed by atoms with Crippen molar-refractivity contribution in [3.63, 3.8) is 0 Å². The van der Waals surface area contributed by atoms with Gasteiger partial charge in [-0.2, -0.15) is 0 Å². The smallest absolute Gasteiger partial charge is 0.0540 e. The Balaban J connectivity index is 0.884. The molecule has 0 N–H and O–H groups in total. The minimum Gasteiger partial charge on any atom is -0.311 e. The van der Waals surface area contributed by atoms with Gasteiger partial charge < -0.3 is 14.4 Å². The summed E-state index contributed by atoms with van der Waals surface area (Å²) in [6, 6.07) is 112. The third kappa shape index (κ3) is 8.73. The summed E-state index contributed by atoms with van der Waals surface area (Å²) in [7, 11) is 0. The maximum atomic E-state index is 2.45. The topological polar surface area (TPSA) is 11.4 Å². The molecular formula is C72H51N3. The lowest BCUT2D eigenvalue weighted by Crippen LogP contribution is -2.10. The molecule has 354 valence electrons. The molecule has 0 saturated heterocycles. The highest BCUT2D eigenvalue weighted by atomic mass is 15.1. The van der Waals surface area contributed by atoms with Gasteiger partial charge in [-0.1, -0.05) is 218 Å². The van der Waals surface area contributed by atoms with Crippen molar-refractivity contribution in [1.82, 2.24) is 4.57 Å². The second-order valence-corrected chi connectivity index (χ2v) is 18.9. The van der Waals surface area contributed by atoms with Crippen LogP contribution in [0.5, 0.6) is 0 Å². The summed E-state index contributed by atoms with van der Waals surface area (Å²) in [5, 5.41) is 7.20. The summed E-state index contributed by atoms with van der Waals surface area (Å²) < 4.78 is 2.45. The van der Waals surface area contributed by atoms with Crippen molar-refractivity contribution in [3.05, 3.63) is 309 Å². The van der Waals surface area contributed by atoms with Crippen LogP contribution in [-0.2, 0) is 0 Å². The van der Waals surface area contributed by atoms with Crippen molar-refractivity contribution in [2.75, 3.05) is 9.80 Å². The Labute approximate surface area is 438 Å². The summed E-state index contributed by atoms with van der Waals surface area (Å²) in [4.78, 5) is 4.70. The zero-order valence-electron chi connectivity index (χ0n) is 41.3. The first-order valence-corrected chi connectivity index (χ1v) is 25.7. The fraction of sp³-hybridized carbons (Fsp3) is 0. The number of benzene rings is 12. The van der Waals surface area contributed by atoms with Crippen LogP contribution in [0, 0.1) is 0 Å². The van der Waals surface area contributed by atoms with E-state index in [0.29, 0.717) is 0 Å². The molecular weight excluding hydrogens is 907 g/mol. The average Bonchev–Trinajstić information content (AvgIpc) is 3.54. The molecule has 0 aliphatic carbocycles. The minimum absolute atomic E-state index is 1.06. The molecule has 0 fully saturated rings. The molecule has 0 aliphatic heterocycles. The number of anilines is 6. The first kappa shape index (κ1) is 44.9. The Morgan fingerprint density at radius 2 is 0.453 bits per heavy atom. The number of rotatable bonds is 10. The van der Waals surface area contributed by atoms with E-state index in [2.05, 4.69) is 324 Å². The number of nitrogens with zero attached hydrogens (tertiary/aromatic N) is 3. The van der Waals surface area contributed by atoms with Crippen LogP contribution in [0.3, 0.4) is 0 Å². The standard InChI is InChI=1S/C72H51N3/c1-4-19-52(20-5-1)54-35-43-59(44-36-54)73(60-45-37-55(38-46-60)53-21-6-2-7-22-53)61-47-39-56(40-48-61)57-41-49-62(50-42-57)74(58-23-8-3-9-24-58)63-25-18-26-64(51-63)75-71-33-16-14-31-69(71)67-29-12-10-27-65(67)66-28-11-13-30-68(66)70-32-15-17-34-72(70)75/h1-51H. The van der Waals surface area contributed by atoms with Gasteiger partial charge in [0.25, 0.3) is 0 Å². The van der Waals surface area contributed by atoms with Gasteiger partial charge in [0.15, 0.2) is 0 Å². The predicted molar refractivity (Wildman–Crippen MR) is 319 cm³/mol. The Morgan fingerprint density at radius 3 is 0.840 bits per heavy atom. The van der Waals surface area contributed by atoms with Crippen LogP contribution in [0.2, 0.25) is 0 Å². The Morgan fingerprint density at radius 1 is 0.187 bits per heavy atom. The van der Waals surface area contributed by atoms with Gasteiger partial charge in [0.2, 0.25) is 0 Å². The summed E-state index contributed by atoms with van der Waals surface area (Å²) in [6.07, 6.45) is 0. The molecule has 12 aromatic carbocycles. The van der Waals surface area contributed by atoms with Crippen LogP contribution in [0.15, 0.2) is 309 Å². The Kier molecular flexibility index (Phi) is 11.9. The summed E-state index contributed by atoms with van der Waals surface area (Å²) in [5.41, 5.74) is 16.8. The number of para-hydroxylation sites is 3. The van der Waals surface area contributed by atoms with Crippen LogP contribution in [0.1, 0.15) is 0 Å². The van der Waals surface area contributed by atoms with E-state index in [1.54, 1.807) is 0 Å². The quantitative estimate of drug-likeness (QED) is 0.135. The molecule has 0 aliphatic rings. The van der Waals surface area contributed by atoms with Gasteiger partial charge in [-0.3, -0.25) is 0 Å². The van der Waals surface area contributed by atoms with Gasteiger partial charge in [0.1, 0.15) is 0 Å². The van der Waals surface area contributed by atoms with Crippen LogP contribution < -0.4 is 9.80 Å². The number of fused-ring (bicyclic) bond motifs is 7. The second-order valence-electron chi connectivity index (χ2n) is 18.9. The SMILES string of the molecule is c1ccc(-c2ccc(N(c3ccc(-c4ccccc4)cc3)c3ccc(-c4ccc(N(c5ccccc5)c5cccc(-n6c7ccccc7c7ccccc7c7ccccc7c7ccccc76)c5)cc4)cc3)cc2)cc1. The molecule has 13 aromatic rings. The zero-order valence-corrected chi connectivity index (χ0v) is 41.3. The first-order valence-electron chi connectivity index (χ1n) is 25.7. The number of aromatic nitrogens is 1. The van der Waals surface area contributed by atoms with E-state index in [4.69, 9.17) is 0 Å². The third-order valence-corrected chi connectivity index (χ3v) is 14.4. The zero-order chi connectivity index (χ0) is 49.9. The molecule has 1 heterocycles. The van der Waals surface area contributed by atoms with Crippen LogP contribution in [0.25, 0.3) is 82.4 Å². The lowest BCUT2D eigenvalue weighted by Gasteiger charge is -2.27. The van der Waals surface area contributed by atoms with E-state index in [9.17, 15) is 0 Å². The summed E-state index contributed by atoms with van der Waals surface area (Å²) in [6.45, 7) is 0.